The summed E-state index contributed by atoms with van der Waals surface area (Å²) in [7, 11) is 0. The van der Waals surface area contributed by atoms with Gasteiger partial charge in [0.1, 0.15) is 17.0 Å². The Morgan fingerprint density at radius 2 is 1.13 bits per heavy atom. The second-order valence-electron chi connectivity index (χ2n) is 21.6. The maximum atomic E-state index is 6.82. The zero-order valence-electron chi connectivity index (χ0n) is 42.4. The van der Waals surface area contributed by atoms with Gasteiger partial charge in [-0.2, -0.15) is 18.2 Å². The van der Waals surface area contributed by atoms with Gasteiger partial charge in [-0.1, -0.05) is 162 Å². The Morgan fingerprint density at radius 1 is 0.493 bits per heavy atom. The Labute approximate surface area is 450 Å². The van der Waals surface area contributed by atoms with Gasteiger partial charge >= 0.3 is 0 Å². The SMILES string of the molecule is CC(C)(C)c1ccnc(-n2c3[c-]c(Oc4[c-]c(-n5[c-][n+]6c7c(cc(C(C)(C)C)cc75)-c5ccccc5-c5ccccc5-c5cccc(-c7ccc8oc9ccccc9c8c7)c5-6)ccc4)ccc3c3ccccc32)c1.[Pt]. The number of pyridine rings is 1. The maximum Gasteiger partial charge on any atom is 0.268 e. The molecule has 14 rings (SSSR count). The third-order valence-corrected chi connectivity index (χ3v) is 14.9. The van der Waals surface area contributed by atoms with Crippen molar-refractivity contribution in [3.05, 3.63) is 224 Å². The number of rotatable bonds is 5. The van der Waals surface area contributed by atoms with E-state index >= 15 is 0 Å². The van der Waals surface area contributed by atoms with Crippen molar-refractivity contribution in [2.75, 3.05) is 0 Å². The summed E-state index contributed by atoms with van der Waals surface area (Å²) in [6.45, 7) is 13.6. The first-order valence-corrected chi connectivity index (χ1v) is 25.4. The van der Waals surface area contributed by atoms with Crippen LogP contribution in [0.2, 0.25) is 0 Å². The van der Waals surface area contributed by atoms with E-state index in [4.69, 9.17) is 14.1 Å². The van der Waals surface area contributed by atoms with Gasteiger partial charge in [0, 0.05) is 55.1 Å². The molecule has 7 heteroatoms. The zero-order chi connectivity index (χ0) is 50.0. The molecule has 5 heterocycles. The maximum absolute atomic E-state index is 6.82. The van der Waals surface area contributed by atoms with E-state index in [2.05, 4.69) is 231 Å². The molecule has 0 atom stereocenters. The molecule has 1 aliphatic heterocycles. The quantitative estimate of drug-likeness (QED) is 0.127. The van der Waals surface area contributed by atoms with Gasteiger partial charge in [0.15, 0.2) is 0 Å². The van der Waals surface area contributed by atoms with E-state index in [1.165, 1.54) is 22.3 Å². The van der Waals surface area contributed by atoms with Crippen LogP contribution >= 0.6 is 0 Å². The van der Waals surface area contributed by atoms with Crippen molar-refractivity contribution >= 4 is 54.8 Å². The fourth-order valence-electron chi connectivity index (χ4n) is 11.2. The van der Waals surface area contributed by atoms with Crippen LogP contribution in [-0.2, 0) is 31.9 Å². The molecule has 0 N–H and O–H groups in total. The second kappa shape index (κ2) is 17.4. The van der Waals surface area contributed by atoms with Crippen molar-refractivity contribution in [1.29, 1.82) is 0 Å². The molecule has 0 bridgehead atoms. The van der Waals surface area contributed by atoms with Crippen molar-refractivity contribution < 1.29 is 34.8 Å². The summed E-state index contributed by atoms with van der Waals surface area (Å²) < 4.78 is 19.9. The van der Waals surface area contributed by atoms with Crippen molar-refractivity contribution in [2.45, 2.75) is 52.4 Å². The minimum atomic E-state index is -0.184. The summed E-state index contributed by atoms with van der Waals surface area (Å²) in [5.74, 6) is 1.98. The number of para-hydroxylation sites is 3. The fraction of sp³-hybridized carbons (Fsp3) is 0.118. The van der Waals surface area contributed by atoms with Crippen molar-refractivity contribution in [3.8, 4) is 73.2 Å². The molecular formula is C68H50N4O2Pt-2. The topological polar surface area (TPSA) is 49.0 Å². The summed E-state index contributed by atoms with van der Waals surface area (Å²) in [5, 5.41) is 4.38. The summed E-state index contributed by atoms with van der Waals surface area (Å²) in [4.78, 5) is 4.90. The van der Waals surface area contributed by atoms with Crippen molar-refractivity contribution in [2.24, 2.45) is 0 Å². The molecule has 75 heavy (non-hydrogen) atoms. The van der Waals surface area contributed by atoms with Crippen LogP contribution < -0.4 is 9.30 Å². The Kier molecular flexibility index (Phi) is 10.8. The molecule has 0 radical (unpaired) electrons. The normalized spacial score (nSPS) is 12.3. The van der Waals surface area contributed by atoms with Gasteiger partial charge in [-0.3, -0.25) is 4.57 Å². The predicted octanol–water partition coefficient (Wildman–Crippen LogP) is 17.1. The van der Waals surface area contributed by atoms with Gasteiger partial charge in [0.2, 0.25) is 0 Å². The van der Waals surface area contributed by atoms with E-state index in [-0.39, 0.29) is 31.9 Å². The molecule has 0 saturated carbocycles. The molecule has 0 unspecified atom stereocenters. The van der Waals surface area contributed by atoms with E-state index in [0.29, 0.717) is 11.5 Å². The van der Waals surface area contributed by atoms with Crippen LogP contribution in [0.4, 0.5) is 0 Å². The molecule has 0 aliphatic carbocycles. The predicted molar refractivity (Wildman–Crippen MR) is 300 cm³/mol. The third kappa shape index (κ3) is 7.56. The Morgan fingerprint density at radius 3 is 1.91 bits per heavy atom. The monoisotopic (exact) mass is 1150 g/mol. The van der Waals surface area contributed by atoms with E-state index in [0.717, 1.165) is 105 Å². The van der Waals surface area contributed by atoms with Gasteiger partial charge in [-0.15, -0.1) is 29.7 Å². The first-order valence-electron chi connectivity index (χ1n) is 25.4. The number of hydrogen-bond donors (Lipinski definition) is 0. The molecule has 13 aromatic rings. The van der Waals surface area contributed by atoms with E-state index in [9.17, 15) is 0 Å². The van der Waals surface area contributed by atoms with Crippen LogP contribution in [0.5, 0.6) is 11.5 Å². The van der Waals surface area contributed by atoms with Gasteiger partial charge in [-0.25, -0.2) is 4.98 Å². The smallest absolute Gasteiger partial charge is 0.268 e. The van der Waals surface area contributed by atoms with Gasteiger partial charge in [-0.05, 0) is 120 Å². The number of fused-ring (bicyclic) bond motifs is 13. The number of hydrogen-bond acceptors (Lipinski definition) is 3. The Hall–Kier alpha value is -8.31. The van der Waals surface area contributed by atoms with Crippen molar-refractivity contribution in [3.63, 3.8) is 0 Å². The van der Waals surface area contributed by atoms with Crippen LogP contribution in [0.3, 0.4) is 0 Å². The molecule has 0 spiro atoms. The van der Waals surface area contributed by atoms with Gasteiger partial charge < -0.3 is 18.3 Å². The number of ether oxygens (including phenoxy) is 1. The van der Waals surface area contributed by atoms with Crippen molar-refractivity contribution in [1.82, 2.24) is 14.1 Å². The number of benzene rings is 9. The fourth-order valence-corrected chi connectivity index (χ4v) is 11.2. The first kappa shape index (κ1) is 46.5. The molecule has 0 amide bonds. The summed E-state index contributed by atoms with van der Waals surface area (Å²) >= 11 is 0. The average Bonchev–Trinajstić information content (AvgIpc) is 4.10. The number of imidazole rings is 1. The molecule has 0 saturated heterocycles. The first-order chi connectivity index (χ1) is 35.9. The molecular weight excluding hydrogens is 1100 g/mol. The van der Waals surface area contributed by atoms with Gasteiger partial charge in [0.25, 0.3) is 6.33 Å². The molecule has 4 aromatic heterocycles. The van der Waals surface area contributed by atoms with E-state index in [1.807, 2.05) is 36.5 Å². The number of aromatic nitrogens is 4. The summed E-state index contributed by atoms with van der Waals surface area (Å²) in [6.07, 6.45) is 5.90. The molecule has 366 valence electrons. The average molecular weight is 1150 g/mol. The second-order valence-corrected chi connectivity index (χ2v) is 21.6. The van der Waals surface area contributed by atoms with Crippen LogP contribution in [0.1, 0.15) is 52.7 Å². The Balaban J connectivity index is 0.00000541. The molecule has 1 aliphatic rings. The number of nitrogens with zero attached hydrogens (tertiary/aromatic N) is 4. The van der Waals surface area contributed by atoms with E-state index in [1.54, 1.807) is 0 Å². The summed E-state index contributed by atoms with van der Waals surface area (Å²) in [5.41, 5.74) is 18.8. The molecule has 9 aromatic carbocycles. The molecule has 6 nitrogen and oxygen atoms in total. The zero-order valence-corrected chi connectivity index (χ0v) is 44.7. The van der Waals surface area contributed by atoms with Crippen LogP contribution in [-0.4, -0.2) is 14.1 Å². The van der Waals surface area contributed by atoms with Crippen LogP contribution in [0.25, 0.3) is 116 Å². The Bertz CT molecular complexity index is 4440. The largest absolute Gasteiger partial charge is 0.510 e. The van der Waals surface area contributed by atoms with E-state index < -0.39 is 0 Å². The minimum absolute atomic E-state index is 0. The summed E-state index contributed by atoms with van der Waals surface area (Å²) in [6, 6.07) is 74.3. The standard InChI is InChI=1S/C68H50N4O2.Pt/c1-67(2,3)43-33-34-69-64(38-43)72-59-27-13-11-23-53(59)54-31-30-47(40-60(54)72)73-46-18-15-17-45(39-46)70-41-71-65-48(42-29-32-63-57(35-42)55-24-12-14-28-62(55)74-63)25-16-26-56(65)51-21-9-7-19-49(51)50-20-8-10-22-52(50)58-36-44(68(4,5)6)37-61(70)66(58)71;/h7-38H,1-6H3;/q-2;. The van der Waals surface area contributed by atoms with Gasteiger partial charge in [0.05, 0.1) is 16.7 Å². The third-order valence-electron chi connectivity index (χ3n) is 14.9. The van der Waals surface area contributed by atoms with Crippen LogP contribution in [0.15, 0.2) is 199 Å². The molecule has 0 fully saturated rings. The van der Waals surface area contributed by atoms with Crippen LogP contribution in [0, 0.1) is 18.5 Å². The number of furan rings is 1. The minimum Gasteiger partial charge on any atom is -0.510 e.